The van der Waals surface area contributed by atoms with Gasteiger partial charge < -0.3 is 5.73 Å². The van der Waals surface area contributed by atoms with Gasteiger partial charge in [0.15, 0.2) is 0 Å². The number of nitrogens with zero attached hydrogens (tertiary/aromatic N) is 4. The lowest BCUT2D eigenvalue weighted by atomic mass is 10.3. The van der Waals surface area contributed by atoms with Crippen molar-refractivity contribution in [2.45, 2.75) is 35.6 Å². The third-order valence-electron chi connectivity index (χ3n) is 2.99. The predicted octanol–water partition coefficient (Wildman–Crippen LogP) is 2.13. The molecule has 94 valence electrons. The summed E-state index contributed by atoms with van der Waals surface area (Å²) >= 11 is 1.59. The number of aromatic nitrogens is 4. The first-order valence-electron chi connectivity index (χ1n) is 5.94. The van der Waals surface area contributed by atoms with E-state index in [4.69, 9.17) is 5.73 Å². The number of hydrogen-bond donors (Lipinski definition) is 1. The van der Waals surface area contributed by atoms with Crippen molar-refractivity contribution in [3.8, 4) is 0 Å². The molecule has 0 aromatic carbocycles. The number of nitrogen functional groups attached to an aromatic ring is 1. The predicted molar refractivity (Wildman–Crippen MR) is 70.5 cm³/mol. The van der Waals surface area contributed by atoms with E-state index < -0.39 is 0 Å². The lowest BCUT2D eigenvalue weighted by Crippen LogP contribution is -2.03. The summed E-state index contributed by atoms with van der Waals surface area (Å²) in [6, 6.07) is 0. The largest absolute Gasteiger partial charge is 0.383 e. The molecule has 1 fully saturated rings. The fraction of sp³-hybridized carbons (Fsp3) is 0.417. The number of anilines is 1. The lowest BCUT2D eigenvalue weighted by molar-refractivity contribution is 0.766. The Bertz CT molecular complexity index is 588. The Morgan fingerprint density at radius 3 is 2.78 bits per heavy atom. The van der Waals surface area contributed by atoms with E-state index in [1.165, 1.54) is 12.8 Å². The normalized spacial score (nSPS) is 15.0. The summed E-state index contributed by atoms with van der Waals surface area (Å²) in [5, 5.41) is 5.10. The van der Waals surface area contributed by atoms with Crippen molar-refractivity contribution in [2.24, 2.45) is 7.05 Å². The van der Waals surface area contributed by atoms with Crippen LogP contribution in [-0.2, 0) is 7.05 Å². The van der Waals surface area contributed by atoms with Crippen LogP contribution in [0.2, 0.25) is 0 Å². The van der Waals surface area contributed by atoms with Gasteiger partial charge in [-0.1, -0.05) is 11.8 Å². The molecule has 0 radical (unpaired) electrons. The van der Waals surface area contributed by atoms with Crippen molar-refractivity contribution in [1.29, 1.82) is 0 Å². The van der Waals surface area contributed by atoms with Gasteiger partial charge in [-0.25, -0.2) is 9.97 Å². The molecule has 6 heteroatoms. The Morgan fingerprint density at radius 2 is 2.17 bits per heavy atom. The molecule has 0 atom stereocenters. The van der Waals surface area contributed by atoms with Crippen LogP contribution in [0.25, 0.3) is 0 Å². The van der Waals surface area contributed by atoms with Crippen LogP contribution >= 0.6 is 11.8 Å². The highest BCUT2D eigenvalue weighted by Crippen LogP contribution is 2.40. The summed E-state index contributed by atoms with van der Waals surface area (Å²) in [5.41, 5.74) is 6.91. The first-order valence-corrected chi connectivity index (χ1v) is 6.75. The zero-order chi connectivity index (χ0) is 12.7. The van der Waals surface area contributed by atoms with Gasteiger partial charge in [-0.15, -0.1) is 0 Å². The van der Waals surface area contributed by atoms with Crippen molar-refractivity contribution < 1.29 is 0 Å². The zero-order valence-electron chi connectivity index (χ0n) is 10.4. The topological polar surface area (TPSA) is 69.6 Å². The fourth-order valence-corrected chi connectivity index (χ4v) is 2.64. The van der Waals surface area contributed by atoms with E-state index in [0.29, 0.717) is 11.7 Å². The maximum atomic E-state index is 5.96. The van der Waals surface area contributed by atoms with Crippen LogP contribution in [0.15, 0.2) is 22.3 Å². The molecule has 0 amide bonds. The number of nitrogens with two attached hydrogens (primary N) is 1. The first-order chi connectivity index (χ1) is 8.63. The molecule has 3 rings (SSSR count). The maximum absolute atomic E-state index is 5.96. The van der Waals surface area contributed by atoms with Crippen LogP contribution in [0.1, 0.15) is 30.1 Å². The number of rotatable bonds is 3. The third-order valence-corrected chi connectivity index (χ3v) is 4.03. The van der Waals surface area contributed by atoms with Crippen LogP contribution in [0.4, 0.5) is 5.82 Å². The van der Waals surface area contributed by atoms with E-state index in [1.54, 1.807) is 16.4 Å². The van der Waals surface area contributed by atoms with Gasteiger partial charge in [0, 0.05) is 24.7 Å². The second-order valence-electron chi connectivity index (χ2n) is 4.62. The Labute approximate surface area is 110 Å². The smallest absolute Gasteiger partial charge is 0.135 e. The molecule has 1 saturated carbocycles. The van der Waals surface area contributed by atoms with E-state index >= 15 is 0 Å². The second-order valence-corrected chi connectivity index (χ2v) is 5.69. The van der Waals surface area contributed by atoms with Gasteiger partial charge in [0.25, 0.3) is 0 Å². The minimum atomic E-state index is 0.515. The minimum absolute atomic E-state index is 0.515. The molecule has 2 aromatic rings. The van der Waals surface area contributed by atoms with E-state index in [1.807, 2.05) is 26.4 Å². The summed E-state index contributed by atoms with van der Waals surface area (Å²) in [4.78, 5) is 10.1. The Kier molecular flexibility index (Phi) is 2.74. The highest BCUT2D eigenvalue weighted by atomic mass is 32.2. The summed E-state index contributed by atoms with van der Waals surface area (Å²) in [6.45, 7) is 1.96. The zero-order valence-corrected chi connectivity index (χ0v) is 11.2. The molecule has 2 N–H and O–H groups in total. The monoisotopic (exact) mass is 261 g/mol. The quantitative estimate of drug-likeness (QED) is 0.857. The molecule has 1 aliphatic rings. The van der Waals surface area contributed by atoms with E-state index in [2.05, 4.69) is 15.1 Å². The first kappa shape index (κ1) is 11.5. The van der Waals surface area contributed by atoms with E-state index in [0.717, 1.165) is 21.3 Å². The van der Waals surface area contributed by atoms with Crippen LogP contribution in [0, 0.1) is 6.92 Å². The second kappa shape index (κ2) is 4.28. The van der Waals surface area contributed by atoms with E-state index in [9.17, 15) is 0 Å². The highest BCUT2D eigenvalue weighted by molar-refractivity contribution is 7.99. The van der Waals surface area contributed by atoms with Crippen molar-refractivity contribution >= 4 is 17.6 Å². The number of hydrogen-bond acceptors (Lipinski definition) is 5. The molecule has 0 bridgehead atoms. The van der Waals surface area contributed by atoms with E-state index in [-0.39, 0.29) is 0 Å². The maximum Gasteiger partial charge on any atom is 0.135 e. The van der Waals surface area contributed by atoms with Gasteiger partial charge in [0.05, 0.1) is 11.1 Å². The molecular formula is C12H15N5S. The molecule has 2 aromatic heterocycles. The van der Waals surface area contributed by atoms with Gasteiger partial charge in [0.2, 0.25) is 0 Å². The van der Waals surface area contributed by atoms with Gasteiger partial charge in [-0.05, 0) is 19.8 Å². The van der Waals surface area contributed by atoms with Crippen molar-refractivity contribution in [2.75, 3.05) is 5.73 Å². The molecular weight excluding hydrogens is 246 g/mol. The Hall–Kier alpha value is -1.56. The molecule has 1 aliphatic carbocycles. The van der Waals surface area contributed by atoms with Crippen LogP contribution in [0.3, 0.4) is 0 Å². The minimum Gasteiger partial charge on any atom is -0.383 e. The standard InChI is InChI=1S/C12H15N5S/c1-7-10(13)15-11(8-3-4-8)16-12(7)18-9-5-14-17(2)6-9/h5-6,8H,3-4H2,1-2H3,(H2,13,15,16). The summed E-state index contributed by atoms with van der Waals surface area (Å²) < 4.78 is 1.78. The Balaban J connectivity index is 1.94. The highest BCUT2D eigenvalue weighted by Gasteiger charge is 2.28. The number of aryl methyl sites for hydroxylation is 1. The SMILES string of the molecule is Cc1c(N)nc(C2CC2)nc1Sc1cnn(C)c1. The summed E-state index contributed by atoms with van der Waals surface area (Å²) in [5.74, 6) is 2.00. The van der Waals surface area contributed by atoms with Crippen LogP contribution in [0.5, 0.6) is 0 Å². The average molecular weight is 261 g/mol. The van der Waals surface area contributed by atoms with Crippen molar-refractivity contribution in [3.63, 3.8) is 0 Å². The van der Waals surface area contributed by atoms with Gasteiger partial charge in [0.1, 0.15) is 16.7 Å². The molecule has 2 heterocycles. The van der Waals surface area contributed by atoms with Gasteiger partial charge >= 0.3 is 0 Å². The van der Waals surface area contributed by atoms with Crippen molar-refractivity contribution in [1.82, 2.24) is 19.7 Å². The van der Waals surface area contributed by atoms with Crippen LogP contribution < -0.4 is 5.73 Å². The fourth-order valence-electron chi connectivity index (χ4n) is 1.72. The van der Waals surface area contributed by atoms with Crippen molar-refractivity contribution in [3.05, 3.63) is 23.8 Å². The molecule has 0 unspecified atom stereocenters. The lowest BCUT2D eigenvalue weighted by Gasteiger charge is -2.08. The summed E-state index contributed by atoms with van der Waals surface area (Å²) in [7, 11) is 1.90. The van der Waals surface area contributed by atoms with Gasteiger partial charge in [-0.2, -0.15) is 5.10 Å². The van der Waals surface area contributed by atoms with Crippen LogP contribution in [-0.4, -0.2) is 19.7 Å². The molecule has 0 spiro atoms. The molecule has 0 aliphatic heterocycles. The molecule has 5 nitrogen and oxygen atoms in total. The molecule has 18 heavy (non-hydrogen) atoms. The van der Waals surface area contributed by atoms with Gasteiger partial charge in [-0.3, -0.25) is 4.68 Å². The summed E-state index contributed by atoms with van der Waals surface area (Å²) in [6.07, 6.45) is 6.16. The molecule has 0 saturated heterocycles. The Morgan fingerprint density at radius 1 is 1.39 bits per heavy atom. The third kappa shape index (κ3) is 2.20. The average Bonchev–Trinajstić information content (AvgIpc) is 3.10.